The van der Waals surface area contributed by atoms with Gasteiger partial charge in [-0.3, -0.25) is 0 Å². The van der Waals surface area contributed by atoms with E-state index in [0.29, 0.717) is 18.7 Å². The maximum atomic E-state index is 13.6. The minimum Gasteiger partial charge on any atom is -0.477 e. The number of anilines is 2. The van der Waals surface area contributed by atoms with Crippen LogP contribution in [0.1, 0.15) is 28.2 Å². The van der Waals surface area contributed by atoms with Gasteiger partial charge in [-0.05, 0) is 50.7 Å². The molecule has 10 nitrogen and oxygen atoms in total. The van der Waals surface area contributed by atoms with Crippen molar-refractivity contribution in [2.75, 3.05) is 25.5 Å². The number of nitrogens with zero attached hydrogens (tertiary/aromatic N) is 6. The average Bonchev–Trinajstić information content (AvgIpc) is 3.51. The van der Waals surface area contributed by atoms with Gasteiger partial charge < -0.3 is 20.1 Å². The van der Waals surface area contributed by atoms with E-state index < -0.39 is 23.7 Å². The van der Waals surface area contributed by atoms with E-state index in [-0.39, 0.29) is 51.2 Å². The second-order valence-electron chi connectivity index (χ2n) is 9.44. The third-order valence-corrected chi connectivity index (χ3v) is 6.63. The number of hydrogen-bond donors (Lipinski definition) is 2. The van der Waals surface area contributed by atoms with Crippen molar-refractivity contribution in [2.45, 2.75) is 25.6 Å². The van der Waals surface area contributed by atoms with Crippen molar-refractivity contribution in [1.82, 2.24) is 29.6 Å². The van der Waals surface area contributed by atoms with Gasteiger partial charge in [-0.1, -0.05) is 11.6 Å². The van der Waals surface area contributed by atoms with Crippen LogP contribution in [0.3, 0.4) is 0 Å². The third-order valence-electron chi connectivity index (χ3n) is 6.34. The Hall–Kier alpha value is -4.30. The van der Waals surface area contributed by atoms with Gasteiger partial charge in [-0.2, -0.15) is 23.3 Å². The molecule has 0 amide bonds. The van der Waals surface area contributed by atoms with Crippen LogP contribution in [0.4, 0.5) is 29.2 Å². The fourth-order valence-corrected chi connectivity index (χ4v) is 4.50. The standard InChI is InChI=1S/C26H22ClF4N7O3/c1-13-7-21(26(29,30)31)36-38(13)22-18(11-33-25(35-22)34-15-3-4-20(28)19(27)9-15)14-8-17(24(39)40)23(32-10-14)41-16-5-6-37(2)12-16/h3-4,7-11,16H,5-6,12H2,1-2H3,(H,39,40)(H,33,34,35). The molecule has 214 valence electrons. The predicted octanol–water partition coefficient (Wildman–Crippen LogP) is 5.37. The van der Waals surface area contributed by atoms with Crippen molar-refractivity contribution in [2.24, 2.45) is 0 Å². The summed E-state index contributed by atoms with van der Waals surface area (Å²) in [4.78, 5) is 27.0. The minimum absolute atomic E-state index is 0.0633. The number of carboxylic acids is 1. The number of hydrogen-bond acceptors (Lipinski definition) is 8. The summed E-state index contributed by atoms with van der Waals surface area (Å²) < 4.78 is 60.9. The van der Waals surface area contributed by atoms with Gasteiger partial charge in [0.25, 0.3) is 0 Å². The van der Waals surface area contributed by atoms with Gasteiger partial charge in [0, 0.05) is 48.0 Å². The third kappa shape index (κ3) is 6.07. The normalized spacial score (nSPS) is 15.7. The summed E-state index contributed by atoms with van der Waals surface area (Å²) in [6.07, 6.45) is -1.64. The lowest BCUT2D eigenvalue weighted by Crippen LogP contribution is -2.22. The van der Waals surface area contributed by atoms with E-state index in [1.165, 1.54) is 37.5 Å². The Balaban J connectivity index is 1.59. The molecule has 1 aliphatic heterocycles. The van der Waals surface area contributed by atoms with Crippen LogP contribution in [0.2, 0.25) is 5.02 Å². The Kier molecular flexibility index (Phi) is 7.53. The van der Waals surface area contributed by atoms with Crippen molar-refractivity contribution >= 4 is 29.2 Å². The lowest BCUT2D eigenvalue weighted by Gasteiger charge is -2.16. The number of likely N-dealkylation sites (N-methyl/N-ethyl adjacent to an activating group) is 1. The molecule has 5 rings (SSSR count). The van der Waals surface area contributed by atoms with Crippen molar-refractivity contribution in [3.63, 3.8) is 0 Å². The lowest BCUT2D eigenvalue weighted by atomic mass is 10.1. The average molecular weight is 592 g/mol. The Bertz CT molecular complexity index is 1630. The van der Waals surface area contributed by atoms with Crippen LogP contribution in [-0.4, -0.2) is 66.9 Å². The summed E-state index contributed by atoms with van der Waals surface area (Å²) in [5.74, 6) is -2.18. The molecule has 1 unspecified atom stereocenters. The number of carboxylic acid groups (broad SMARTS) is 1. The van der Waals surface area contributed by atoms with Gasteiger partial charge in [-0.25, -0.2) is 23.8 Å². The Morgan fingerprint density at radius 1 is 1.20 bits per heavy atom. The summed E-state index contributed by atoms with van der Waals surface area (Å²) in [5, 5.41) is 16.2. The van der Waals surface area contributed by atoms with Gasteiger partial charge in [0.05, 0.1) is 5.02 Å². The minimum atomic E-state index is -4.72. The van der Waals surface area contributed by atoms with E-state index in [9.17, 15) is 27.5 Å². The van der Waals surface area contributed by atoms with Crippen LogP contribution in [-0.2, 0) is 6.18 Å². The highest BCUT2D eigenvalue weighted by atomic mass is 35.5. The number of halogens is 5. The van der Waals surface area contributed by atoms with E-state index in [0.717, 1.165) is 23.4 Å². The van der Waals surface area contributed by atoms with E-state index >= 15 is 0 Å². The number of rotatable bonds is 7. The quantitative estimate of drug-likeness (QED) is 0.273. The molecule has 4 aromatic rings. The number of likely N-dealkylation sites (tertiary alicyclic amines) is 1. The van der Waals surface area contributed by atoms with Crippen LogP contribution in [0.25, 0.3) is 16.9 Å². The molecule has 0 saturated carbocycles. The second-order valence-corrected chi connectivity index (χ2v) is 9.85. The van der Waals surface area contributed by atoms with Crippen LogP contribution in [0, 0.1) is 12.7 Å². The summed E-state index contributed by atoms with van der Waals surface area (Å²) in [6, 6.07) is 5.94. The highest BCUT2D eigenvalue weighted by Crippen LogP contribution is 2.33. The molecular weight excluding hydrogens is 570 g/mol. The lowest BCUT2D eigenvalue weighted by molar-refractivity contribution is -0.141. The Labute approximate surface area is 235 Å². The highest BCUT2D eigenvalue weighted by Gasteiger charge is 2.35. The number of aromatic nitrogens is 5. The van der Waals surface area contributed by atoms with E-state index in [1.807, 2.05) is 11.9 Å². The molecule has 1 fully saturated rings. The molecule has 15 heteroatoms. The number of nitrogens with one attached hydrogen (secondary N) is 1. The van der Waals surface area contributed by atoms with Gasteiger partial charge >= 0.3 is 12.1 Å². The largest absolute Gasteiger partial charge is 0.477 e. The van der Waals surface area contributed by atoms with Crippen molar-refractivity contribution < 1.29 is 32.2 Å². The number of benzene rings is 1. The SMILES string of the molecule is Cc1cc(C(F)(F)F)nn1-c1nc(Nc2ccc(F)c(Cl)c2)ncc1-c1cnc(OC2CCN(C)C2)c(C(=O)O)c1. The molecule has 0 bridgehead atoms. The summed E-state index contributed by atoms with van der Waals surface area (Å²) in [5.41, 5.74) is -0.613. The molecule has 1 saturated heterocycles. The van der Waals surface area contributed by atoms with Gasteiger partial charge in [0.15, 0.2) is 11.5 Å². The monoisotopic (exact) mass is 591 g/mol. The molecule has 3 aromatic heterocycles. The first-order valence-electron chi connectivity index (χ1n) is 12.2. The number of ether oxygens (including phenoxy) is 1. The first-order chi connectivity index (χ1) is 19.4. The molecule has 0 aliphatic carbocycles. The van der Waals surface area contributed by atoms with E-state index in [1.54, 1.807) is 0 Å². The number of pyridine rings is 1. The molecule has 1 atom stereocenters. The van der Waals surface area contributed by atoms with Crippen molar-refractivity contribution in [3.8, 4) is 22.8 Å². The first-order valence-corrected chi connectivity index (χ1v) is 12.6. The number of alkyl halides is 3. The molecule has 0 spiro atoms. The zero-order valence-corrected chi connectivity index (χ0v) is 22.3. The predicted molar refractivity (Wildman–Crippen MR) is 140 cm³/mol. The van der Waals surface area contributed by atoms with E-state index in [4.69, 9.17) is 16.3 Å². The Morgan fingerprint density at radius 2 is 1.98 bits per heavy atom. The van der Waals surface area contributed by atoms with Crippen LogP contribution < -0.4 is 10.1 Å². The summed E-state index contributed by atoms with van der Waals surface area (Å²) >= 11 is 5.85. The maximum Gasteiger partial charge on any atom is 0.435 e. The first kappa shape index (κ1) is 28.2. The maximum absolute atomic E-state index is 13.6. The fraction of sp³-hybridized carbons (Fsp3) is 0.269. The molecule has 4 heterocycles. The molecule has 1 aliphatic rings. The number of aryl methyl sites for hydroxylation is 1. The zero-order valence-electron chi connectivity index (χ0n) is 21.6. The molecule has 41 heavy (non-hydrogen) atoms. The smallest absolute Gasteiger partial charge is 0.435 e. The topological polar surface area (TPSA) is 118 Å². The fourth-order valence-electron chi connectivity index (χ4n) is 4.32. The second kappa shape index (κ2) is 10.9. The molecule has 1 aromatic carbocycles. The Morgan fingerprint density at radius 3 is 2.61 bits per heavy atom. The number of aromatic carboxylic acids is 1. The van der Waals surface area contributed by atoms with Crippen LogP contribution in [0.15, 0.2) is 42.7 Å². The highest BCUT2D eigenvalue weighted by molar-refractivity contribution is 6.31. The van der Waals surface area contributed by atoms with Crippen molar-refractivity contribution in [3.05, 3.63) is 70.5 Å². The van der Waals surface area contributed by atoms with Gasteiger partial charge in [0.2, 0.25) is 11.8 Å². The zero-order chi connectivity index (χ0) is 29.5. The van der Waals surface area contributed by atoms with Crippen molar-refractivity contribution in [1.29, 1.82) is 0 Å². The van der Waals surface area contributed by atoms with Gasteiger partial charge in [0.1, 0.15) is 17.5 Å². The summed E-state index contributed by atoms with van der Waals surface area (Å²) in [7, 11) is 1.92. The molecular formula is C26H22ClF4N7O3. The van der Waals surface area contributed by atoms with Crippen LogP contribution >= 0.6 is 11.6 Å². The summed E-state index contributed by atoms with van der Waals surface area (Å²) in [6.45, 7) is 2.81. The van der Waals surface area contributed by atoms with Gasteiger partial charge in [-0.15, -0.1) is 0 Å². The molecule has 2 N–H and O–H groups in total. The van der Waals surface area contributed by atoms with E-state index in [2.05, 4.69) is 25.4 Å². The molecule has 0 radical (unpaired) electrons. The number of carbonyl (C=O) groups is 1. The van der Waals surface area contributed by atoms with Crippen LogP contribution in [0.5, 0.6) is 5.88 Å².